The first kappa shape index (κ1) is 19.4. The molecule has 0 N–H and O–H groups in total. The zero-order valence-electron chi connectivity index (χ0n) is 17.5. The summed E-state index contributed by atoms with van der Waals surface area (Å²) in [5, 5.41) is 4.90. The Labute approximate surface area is 161 Å². The molecule has 0 aliphatic carbocycles. The normalized spacial score (nSPS) is 11.7. The fourth-order valence-electron chi connectivity index (χ4n) is 4.18. The van der Waals surface area contributed by atoms with Gasteiger partial charge in [-0.15, -0.1) is 5.10 Å². The molecule has 0 aliphatic rings. The lowest BCUT2D eigenvalue weighted by molar-refractivity contribution is 0.563. The molecule has 2 heterocycles. The first-order valence-electron chi connectivity index (χ1n) is 10.1. The van der Waals surface area contributed by atoms with Gasteiger partial charge >= 0.3 is 0 Å². The maximum atomic E-state index is 13.3. The number of fused-ring (bicyclic) bond motifs is 1. The van der Waals surface area contributed by atoms with Gasteiger partial charge in [0.15, 0.2) is 5.82 Å². The lowest BCUT2D eigenvalue weighted by Crippen LogP contribution is -2.24. The Kier molecular flexibility index (Phi) is 5.54. The van der Waals surface area contributed by atoms with Crippen LogP contribution in [-0.2, 0) is 7.05 Å². The molecule has 0 unspecified atom stereocenters. The van der Waals surface area contributed by atoms with Crippen LogP contribution in [0, 0.1) is 20.8 Å². The van der Waals surface area contributed by atoms with Crippen molar-refractivity contribution in [2.24, 2.45) is 7.05 Å². The molecule has 3 rings (SSSR count). The van der Waals surface area contributed by atoms with Gasteiger partial charge in [0.05, 0.1) is 0 Å². The maximum absolute atomic E-state index is 13.3. The monoisotopic (exact) mass is 365 g/mol. The van der Waals surface area contributed by atoms with Crippen LogP contribution in [-0.4, -0.2) is 14.2 Å². The highest BCUT2D eigenvalue weighted by molar-refractivity contribution is 5.64. The molecule has 3 aromatic rings. The Morgan fingerprint density at radius 3 is 2.30 bits per heavy atom. The van der Waals surface area contributed by atoms with Crippen LogP contribution in [0.3, 0.4) is 0 Å². The van der Waals surface area contributed by atoms with E-state index in [0.717, 1.165) is 59.4 Å². The molecular formula is C23H31N3O. The van der Waals surface area contributed by atoms with E-state index in [1.54, 1.807) is 4.57 Å². The number of hydrogen-bond donors (Lipinski definition) is 0. The molecular weight excluding hydrogens is 334 g/mol. The molecule has 0 amide bonds. The Morgan fingerprint density at radius 1 is 1.04 bits per heavy atom. The maximum Gasteiger partial charge on any atom is 0.278 e. The molecule has 0 saturated carbocycles. The molecule has 0 fully saturated rings. The van der Waals surface area contributed by atoms with Crippen molar-refractivity contribution in [1.82, 2.24) is 14.2 Å². The topological polar surface area (TPSA) is 39.3 Å². The van der Waals surface area contributed by atoms with Gasteiger partial charge in [0.1, 0.15) is 5.52 Å². The van der Waals surface area contributed by atoms with E-state index >= 15 is 0 Å². The molecule has 4 heteroatoms. The van der Waals surface area contributed by atoms with Gasteiger partial charge in [0, 0.05) is 18.3 Å². The predicted octanol–water partition coefficient (Wildman–Crippen LogP) is 5.31. The van der Waals surface area contributed by atoms with Gasteiger partial charge in [0.25, 0.3) is 5.56 Å². The fourth-order valence-corrected chi connectivity index (χ4v) is 4.18. The van der Waals surface area contributed by atoms with Crippen LogP contribution >= 0.6 is 0 Å². The molecule has 2 aromatic heterocycles. The standard InChI is InChI=1S/C23H31N3O/c1-7-9-18(10-8-2)20-14-17(5)26-21(20)23(27)25(6)22(24-26)19-12-11-15(3)13-16(19)4/h11-14,18H,7-10H2,1-6H3. The molecule has 0 bridgehead atoms. The van der Waals surface area contributed by atoms with Crippen molar-refractivity contribution in [3.8, 4) is 11.4 Å². The number of rotatable bonds is 6. The van der Waals surface area contributed by atoms with Gasteiger partial charge in [-0.25, -0.2) is 4.52 Å². The first-order valence-corrected chi connectivity index (χ1v) is 10.1. The van der Waals surface area contributed by atoms with Gasteiger partial charge in [-0.2, -0.15) is 0 Å². The van der Waals surface area contributed by atoms with Crippen LogP contribution in [0.4, 0.5) is 0 Å². The Morgan fingerprint density at radius 2 is 1.70 bits per heavy atom. The third-order valence-electron chi connectivity index (χ3n) is 5.54. The zero-order chi connectivity index (χ0) is 19.7. The van der Waals surface area contributed by atoms with Crippen molar-refractivity contribution in [1.29, 1.82) is 0 Å². The summed E-state index contributed by atoms with van der Waals surface area (Å²) >= 11 is 0. The highest BCUT2D eigenvalue weighted by Gasteiger charge is 2.21. The summed E-state index contributed by atoms with van der Waals surface area (Å²) in [4.78, 5) is 13.3. The van der Waals surface area contributed by atoms with Gasteiger partial charge in [-0.3, -0.25) is 9.36 Å². The van der Waals surface area contributed by atoms with Crippen LogP contribution < -0.4 is 5.56 Å². The van der Waals surface area contributed by atoms with Crippen LogP contribution in [0.15, 0.2) is 29.1 Å². The molecule has 0 spiro atoms. The zero-order valence-corrected chi connectivity index (χ0v) is 17.5. The van der Waals surface area contributed by atoms with E-state index in [9.17, 15) is 4.79 Å². The van der Waals surface area contributed by atoms with E-state index < -0.39 is 0 Å². The Balaban J connectivity index is 2.27. The average molecular weight is 366 g/mol. The highest BCUT2D eigenvalue weighted by atomic mass is 16.1. The summed E-state index contributed by atoms with van der Waals surface area (Å²) in [5.41, 5.74) is 6.34. The van der Waals surface area contributed by atoms with E-state index in [2.05, 4.69) is 52.0 Å². The van der Waals surface area contributed by atoms with Gasteiger partial charge < -0.3 is 0 Å². The number of aromatic nitrogens is 3. The minimum Gasteiger partial charge on any atom is -0.293 e. The minimum atomic E-state index is 0.0419. The second-order valence-corrected chi connectivity index (χ2v) is 7.78. The van der Waals surface area contributed by atoms with E-state index in [1.807, 2.05) is 18.5 Å². The highest BCUT2D eigenvalue weighted by Crippen LogP contribution is 2.31. The summed E-state index contributed by atoms with van der Waals surface area (Å²) in [6, 6.07) is 8.45. The summed E-state index contributed by atoms with van der Waals surface area (Å²) < 4.78 is 3.58. The third-order valence-corrected chi connectivity index (χ3v) is 5.54. The van der Waals surface area contributed by atoms with Crippen molar-refractivity contribution >= 4 is 5.52 Å². The Hall–Kier alpha value is -2.36. The molecule has 4 nitrogen and oxygen atoms in total. The van der Waals surface area contributed by atoms with Crippen molar-refractivity contribution < 1.29 is 0 Å². The first-order chi connectivity index (χ1) is 12.9. The number of nitrogens with zero attached hydrogens (tertiary/aromatic N) is 3. The van der Waals surface area contributed by atoms with Crippen molar-refractivity contribution in [2.45, 2.75) is 66.2 Å². The predicted molar refractivity (Wildman–Crippen MR) is 113 cm³/mol. The largest absolute Gasteiger partial charge is 0.293 e. The Bertz CT molecular complexity index is 1020. The fraction of sp³-hybridized carbons (Fsp3) is 0.478. The van der Waals surface area contributed by atoms with Crippen molar-refractivity contribution in [3.05, 3.63) is 57.0 Å². The second kappa shape index (κ2) is 7.71. The minimum absolute atomic E-state index is 0.0419. The van der Waals surface area contributed by atoms with Crippen LogP contribution in [0.25, 0.3) is 16.9 Å². The summed E-state index contributed by atoms with van der Waals surface area (Å²) in [6.07, 6.45) is 4.45. The summed E-state index contributed by atoms with van der Waals surface area (Å²) in [7, 11) is 1.84. The molecule has 27 heavy (non-hydrogen) atoms. The molecule has 0 saturated heterocycles. The van der Waals surface area contributed by atoms with E-state index in [-0.39, 0.29) is 5.56 Å². The van der Waals surface area contributed by atoms with Crippen LogP contribution in [0.5, 0.6) is 0 Å². The SMILES string of the molecule is CCCC(CCC)c1cc(C)n2nc(-c3ccc(C)cc3C)n(C)c(=O)c12. The van der Waals surface area contributed by atoms with Gasteiger partial charge in [-0.05, 0) is 56.7 Å². The summed E-state index contributed by atoms with van der Waals surface area (Å²) in [6.45, 7) is 10.6. The number of hydrogen-bond acceptors (Lipinski definition) is 2. The van der Waals surface area contributed by atoms with E-state index in [1.165, 1.54) is 5.56 Å². The van der Waals surface area contributed by atoms with Gasteiger partial charge in [0.2, 0.25) is 0 Å². The van der Waals surface area contributed by atoms with E-state index in [0.29, 0.717) is 5.92 Å². The summed E-state index contributed by atoms with van der Waals surface area (Å²) in [5.74, 6) is 1.14. The molecule has 144 valence electrons. The smallest absolute Gasteiger partial charge is 0.278 e. The van der Waals surface area contributed by atoms with Gasteiger partial charge in [-0.1, -0.05) is 50.5 Å². The molecule has 0 atom stereocenters. The quantitative estimate of drug-likeness (QED) is 0.594. The molecule has 0 aliphatic heterocycles. The molecule has 0 radical (unpaired) electrons. The lowest BCUT2D eigenvalue weighted by atomic mass is 9.91. The van der Waals surface area contributed by atoms with Crippen LogP contribution in [0.1, 0.15) is 67.8 Å². The average Bonchev–Trinajstić information content (AvgIpc) is 2.95. The van der Waals surface area contributed by atoms with Crippen molar-refractivity contribution in [2.75, 3.05) is 0 Å². The number of benzene rings is 1. The van der Waals surface area contributed by atoms with Crippen LogP contribution in [0.2, 0.25) is 0 Å². The third kappa shape index (κ3) is 3.45. The molecule has 1 aromatic carbocycles. The van der Waals surface area contributed by atoms with E-state index in [4.69, 9.17) is 5.10 Å². The second-order valence-electron chi connectivity index (χ2n) is 7.78. The lowest BCUT2D eigenvalue weighted by Gasteiger charge is -2.16. The number of aryl methyl sites for hydroxylation is 3. The van der Waals surface area contributed by atoms with Crippen molar-refractivity contribution in [3.63, 3.8) is 0 Å².